The molecule has 0 bridgehead atoms. The number of piperazine rings is 1. The first-order chi connectivity index (χ1) is 19.0. The summed E-state index contributed by atoms with van der Waals surface area (Å²) in [6, 6.07) is 21.8. The van der Waals surface area contributed by atoms with Gasteiger partial charge in [0.15, 0.2) is 0 Å². The van der Waals surface area contributed by atoms with Crippen molar-refractivity contribution >= 4 is 11.0 Å². The summed E-state index contributed by atoms with van der Waals surface area (Å²) >= 11 is 0. The van der Waals surface area contributed by atoms with Gasteiger partial charge in [0.1, 0.15) is 34.8 Å². The van der Waals surface area contributed by atoms with Crippen LogP contribution >= 0.6 is 0 Å². The molecule has 204 valence electrons. The first kappa shape index (κ1) is 26.9. The average Bonchev–Trinajstić information content (AvgIpc) is 3.44. The van der Waals surface area contributed by atoms with E-state index in [9.17, 15) is 14.4 Å². The lowest BCUT2D eigenvalue weighted by atomic mass is 10.1. The zero-order chi connectivity index (χ0) is 27.2. The zero-order valence-corrected chi connectivity index (χ0v) is 22.7. The van der Waals surface area contributed by atoms with Gasteiger partial charge < -0.3 is 20.3 Å². The second kappa shape index (κ2) is 12.4. The van der Waals surface area contributed by atoms with Crippen molar-refractivity contribution in [1.82, 2.24) is 24.3 Å². The second-order valence-corrected chi connectivity index (χ2v) is 11.0. The maximum absolute atomic E-state index is 13.3. The summed E-state index contributed by atoms with van der Waals surface area (Å²) in [6.45, 7) is 6.03. The Balaban J connectivity index is 1.32. The summed E-state index contributed by atoms with van der Waals surface area (Å²) in [6.07, 6.45) is 1.64. The smallest absolute Gasteiger partial charge is 0.136 e. The quantitative estimate of drug-likeness (QED) is 0.280. The van der Waals surface area contributed by atoms with Crippen LogP contribution in [-0.2, 0) is 17.5 Å². The highest BCUT2D eigenvalue weighted by atomic mass is 32.2. The molecule has 0 saturated carbocycles. The highest BCUT2D eigenvalue weighted by molar-refractivity contribution is 7.82. The molecule has 1 fully saturated rings. The Morgan fingerprint density at radius 1 is 1.00 bits per heavy atom. The lowest BCUT2D eigenvalue weighted by molar-refractivity contribution is 0.191. The van der Waals surface area contributed by atoms with E-state index in [2.05, 4.69) is 15.3 Å². The van der Waals surface area contributed by atoms with Crippen molar-refractivity contribution in [2.24, 2.45) is 0 Å². The van der Waals surface area contributed by atoms with Crippen LogP contribution in [0.25, 0.3) is 16.9 Å². The summed E-state index contributed by atoms with van der Waals surface area (Å²) in [5, 5.41) is 29.1. The number of hydrogen-bond donors (Lipinski definition) is 3. The highest BCUT2D eigenvalue weighted by Crippen LogP contribution is 2.37. The Kier molecular flexibility index (Phi) is 8.58. The van der Waals surface area contributed by atoms with Gasteiger partial charge in [-0.1, -0.05) is 30.3 Å². The second-order valence-electron chi connectivity index (χ2n) is 9.42. The van der Waals surface area contributed by atoms with Crippen molar-refractivity contribution in [2.75, 3.05) is 46.4 Å². The molecule has 3 N–H and O–H groups in total. The van der Waals surface area contributed by atoms with Crippen LogP contribution in [0.1, 0.15) is 5.56 Å². The van der Waals surface area contributed by atoms with E-state index in [4.69, 9.17) is 4.74 Å². The molecule has 0 aliphatic carbocycles. The Morgan fingerprint density at radius 2 is 1.74 bits per heavy atom. The first-order valence-electron chi connectivity index (χ1n) is 12.9. The van der Waals surface area contributed by atoms with Gasteiger partial charge in [-0.2, -0.15) is 5.10 Å². The monoisotopic (exact) mass is 547 g/mol. The minimum absolute atomic E-state index is 0.131. The number of rotatable bonds is 10. The summed E-state index contributed by atoms with van der Waals surface area (Å²) < 4.78 is 22.6. The number of nitrogens with one attached hydrogen (secondary N) is 1. The molecule has 5 rings (SSSR count). The molecule has 9 nitrogen and oxygen atoms in total. The normalized spacial score (nSPS) is 14.9. The van der Waals surface area contributed by atoms with Gasteiger partial charge in [-0.3, -0.25) is 4.90 Å². The molecule has 1 aliphatic heterocycles. The fourth-order valence-corrected chi connectivity index (χ4v) is 5.65. The van der Waals surface area contributed by atoms with Crippen LogP contribution < -0.4 is 10.1 Å². The fraction of sp³-hybridized carbons (Fsp3) is 0.276. The molecule has 0 radical (unpaired) electrons. The lowest BCUT2D eigenvalue weighted by Gasteiger charge is -2.26. The molecule has 1 aliphatic rings. The van der Waals surface area contributed by atoms with Gasteiger partial charge in [0, 0.05) is 57.9 Å². The lowest BCUT2D eigenvalue weighted by Crippen LogP contribution is -2.44. The number of hydrogen-bond acceptors (Lipinski definition) is 7. The zero-order valence-electron chi connectivity index (χ0n) is 21.9. The Bertz CT molecular complexity index is 1410. The SMILES string of the molecule is CN(Cc1ccccc1)S(=O)c1cc(-c2ccnn2-c2ccc(OCCN3CCNCC3)cc2)c(O)cc1O. The molecular weight excluding hydrogens is 514 g/mol. The number of ether oxygens (including phenoxy) is 1. The van der Waals surface area contributed by atoms with Crippen molar-refractivity contribution in [3.8, 4) is 34.2 Å². The molecule has 1 unspecified atom stereocenters. The molecule has 4 aromatic rings. The van der Waals surface area contributed by atoms with E-state index < -0.39 is 11.0 Å². The Morgan fingerprint density at radius 3 is 2.49 bits per heavy atom. The maximum atomic E-state index is 13.3. The van der Waals surface area contributed by atoms with Crippen molar-refractivity contribution in [1.29, 1.82) is 0 Å². The van der Waals surface area contributed by atoms with E-state index in [1.54, 1.807) is 34.4 Å². The molecule has 2 heterocycles. The Hall–Kier alpha value is -3.70. The number of nitrogens with zero attached hydrogens (tertiary/aromatic N) is 4. The molecule has 39 heavy (non-hydrogen) atoms. The number of aromatic hydroxyl groups is 2. The molecule has 0 amide bonds. The van der Waals surface area contributed by atoms with Crippen molar-refractivity contribution in [2.45, 2.75) is 11.4 Å². The van der Waals surface area contributed by atoms with Gasteiger partial charge in [0.05, 0.1) is 22.5 Å². The van der Waals surface area contributed by atoms with Crippen LogP contribution in [0.5, 0.6) is 17.2 Å². The van der Waals surface area contributed by atoms with Crippen LogP contribution in [0, 0.1) is 0 Å². The third kappa shape index (κ3) is 6.48. The molecule has 1 atom stereocenters. The molecule has 1 aromatic heterocycles. The first-order valence-corrected chi connectivity index (χ1v) is 14.0. The summed E-state index contributed by atoms with van der Waals surface area (Å²) in [4.78, 5) is 2.59. The van der Waals surface area contributed by atoms with E-state index in [1.165, 1.54) is 6.07 Å². The summed E-state index contributed by atoms with van der Waals surface area (Å²) in [5.74, 6) is 0.408. The van der Waals surface area contributed by atoms with E-state index in [1.807, 2.05) is 54.6 Å². The van der Waals surface area contributed by atoms with Crippen LogP contribution in [-0.4, -0.2) is 79.8 Å². The predicted molar refractivity (Wildman–Crippen MR) is 151 cm³/mol. The number of aromatic nitrogens is 2. The average molecular weight is 548 g/mol. The number of phenols is 2. The van der Waals surface area contributed by atoms with E-state index in [0.717, 1.165) is 49.7 Å². The fourth-order valence-electron chi connectivity index (χ4n) is 4.59. The Labute approximate surface area is 230 Å². The molecule has 10 heteroatoms. The highest BCUT2D eigenvalue weighted by Gasteiger charge is 2.21. The number of benzene rings is 3. The summed E-state index contributed by atoms with van der Waals surface area (Å²) in [5.41, 5.74) is 2.80. The minimum atomic E-state index is -1.66. The van der Waals surface area contributed by atoms with Crippen LogP contribution in [0.15, 0.2) is 83.9 Å². The van der Waals surface area contributed by atoms with E-state index in [-0.39, 0.29) is 16.4 Å². The molecule has 0 spiro atoms. The maximum Gasteiger partial charge on any atom is 0.136 e. The minimum Gasteiger partial charge on any atom is -0.507 e. The predicted octanol–water partition coefficient (Wildman–Crippen LogP) is 3.39. The van der Waals surface area contributed by atoms with Gasteiger partial charge in [-0.05, 0) is 42.0 Å². The van der Waals surface area contributed by atoms with Crippen molar-refractivity contribution in [3.05, 3.63) is 84.6 Å². The van der Waals surface area contributed by atoms with Gasteiger partial charge in [0.2, 0.25) is 0 Å². The van der Waals surface area contributed by atoms with E-state index in [0.29, 0.717) is 24.4 Å². The third-order valence-electron chi connectivity index (χ3n) is 6.68. The van der Waals surface area contributed by atoms with Gasteiger partial charge in [-0.15, -0.1) is 0 Å². The third-order valence-corrected chi connectivity index (χ3v) is 8.08. The molecule has 1 saturated heterocycles. The topological polar surface area (TPSA) is 103 Å². The summed E-state index contributed by atoms with van der Waals surface area (Å²) in [7, 11) is 0.0678. The standard InChI is InChI=1S/C29H33N5O4S/c1-32(21-22-5-3-2-4-6-22)39(37)29-19-25(27(35)20-28(29)36)26-11-12-31-34(26)23-7-9-24(10-8-23)38-18-17-33-15-13-30-14-16-33/h2-12,19-20,30,35-36H,13-18,21H2,1H3. The van der Waals surface area contributed by atoms with Crippen LogP contribution in [0.4, 0.5) is 0 Å². The van der Waals surface area contributed by atoms with Gasteiger partial charge in [0.25, 0.3) is 0 Å². The van der Waals surface area contributed by atoms with Crippen molar-refractivity contribution < 1.29 is 19.2 Å². The van der Waals surface area contributed by atoms with Crippen LogP contribution in [0.2, 0.25) is 0 Å². The molecular formula is C29H33N5O4S. The van der Waals surface area contributed by atoms with Gasteiger partial charge >= 0.3 is 0 Å². The number of phenolic OH excluding ortho intramolecular Hbond substituents is 2. The van der Waals surface area contributed by atoms with Gasteiger partial charge in [-0.25, -0.2) is 13.2 Å². The molecule has 3 aromatic carbocycles. The van der Waals surface area contributed by atoms with Crippen LogP contribution in [0.3, 0.4) is 0 Å². The van der Waals surface area contributed by atoms with E-state index >= 15 is 0 Å². The largest absolute Gasteiger partial charge is 0.507 e. The van der Waals surface area contributed by atoms with Crippen molar-refractivity contribution in [3.63, 3.8) is 0 Å².